The summed E-state index contributed by atoms with van der Waals surface area (Å²) in [6.07, 6.45) is 0.915. The van der Waals surface area contributed by atoms with Crippen LogP contribution in [0.25, 0.3) is 0 Å². The number of ether oxygens (including phenoxy) is 1. The zero-order valence-electron chi connectivity index (χ0n) is 11.6. The molecular weight excluding hydrogens is 294 g/mol. The van der Waals surface area contributed by atoms with Crippen LogP contribution >= 0.6 is 0 Å². The Hall–Kier alpha value is -1.44. The maximum absolute atomic E-state index is 12.3. The lowest BCUT2D eigenvalue weighted by atomic mass is 10.1. The minimum Gasteiger partial charge on any atom is -0.480 e. The van der Waals surface area contributed by atoms with Gasteiger partial charge in [-0.1, -0.05) is 30.3 Å². The van der Waals surface area contributed by atoms with E-state index in [1.54, 1.807) is 24.3 Å². The predicted molar refractivity (Wildman–Crippen MR) is 77.5 cm³/mol. The molecule has 1 aliphatic heterocycles. The Balaban J connectivity index is 2.07. The number of aliphatic carboxylic acids is 1. The fourth-order valence-electron chi connectivity index (χ4n) is 2.31. The molecule has 6 nitrogen and oxygen atoms in total. The number of nitrogens with one attached hydrogen (secondary N) is 1. The molecule has 1 aliphatic rings. The molecule has 0 spiro atoms. The summed E-state index contributed by atoms with van der Waals surface area (Å²) in [5.74, 6) is -1.17. The van der Waals surface area contributed by atoms with Crippen LogP contribution in [-0.4, -0.2) is 44.0 Å². The highest BCUT2D eigenvalue weighted by atomic mass is 32.2. The Morgan fingerprint density at radius 2 is 1.90 bits per heavy atom. The van der Waals surface area contributed by atoms with E-state index in [1.165, 1.54) is 0 Å². The average Bonchev–Trinajstić information content (AvgIpc) is 2.48. The summed E-state index contributed by atoms with van der Waals surface area (Å²) in [4.78, 5) is 11.3. The second-order valence-electron chi connectivity index (χ2n) is 5.06. The zero-order valence-corrected chi connectivity index (χ0v) is 12.4. The molecule has 0 aliphatic carbocycles. The summed E-state index contributed by atoms with van der Waals surface area (Å²) >= 11 is 0. The first-order valence-electron chi connectivity index (χ1n) is 6.84. The number of hydrogen-bond acceptors (Lipinski definition) is 4. The first kappa shape index (κ1) is 15.9. The molecule has 0 aromatic heterocycles. The lowest BCUT2D eigenvalue weighted by Gasteiger charge is -2.24. The summed E-state index contributed by atoms with van der Waals surface area (Å²) in [7, 11) is -3.66. The molecule has 0 saturated carbocycles. The molecule has 1 saturated heterocycles. The molecule has 7 heteroatoms. The predicted octanol–water partition coefficient (Wildman–Crippen LogP) is 0.781. The van der Waals surface area contributed by atoms with Crippen LogP contribution in [-0.2, 0) is 26.0 Å². The lowest BCUT2D eigenvalue weighted by Crippen LogP contribution is -2.47. The molecule has 1 aromatic rings. The molecule has 1 aromatic carbocycles. The molecule has 1 atom stereocenters. The van der Waals surface area contributed by atoms with Gasteiger partial charge in [0, 0.05) is 13.2 Å². The standard InChI is InChI=1S/C14H19NO5S/c16-14(17)13(10-11-4-2-1-3-5-11)15-21(18,19)12-6-8-20-9-7-12/h1-5,12-13,15H,6-10H2,(H,16,17)/t13-/m0/s1. The Kier molecular flexibility index (Phi) is 5.33. The van der Waals surface area contributed by atoms with Gasteiger partial charge in [0.1, 0.15) is 6.04 Å². The second kappa shape index (κ2) is 7.02. The quantitative estimate of drug-likeness (QED) is 0.809. The molecule has 21 heavy (non-hydrogen) atoms. The van der Waals surface area contributed by atoms with Crippen molar-refractivity contribution in [2.75, 3.05) is 13.2 Å². The second-order valence-corrected chi connectivity index (χ2v) is 7.05. The Morgan fingerprint density at radius 3 is 2.48 bits per heavy atom. The third kappa shape index (κ3) is 4.52. The van der Waals surface area contributed by atoms with E-state index in [2.05, 4.69) is 4.72 Å². The summed E-state index contributed by atoms with van der Waals surface area (Å²) in [5.41, 5.74) is 0.777. The lowest BCUT2D eigenvalue weighted by molar-refractivity contribution is -0.138. The van der Waals surface area contributed by atoms with Gasteiger partial charge in [-0.25, -0.2) is 13.1 Å². The van der Waals surface area contributed by atoms with Gasteiger partial charge in [0.25, 0.3) is 0 Å². The number of carboxylic acids is 1. The molecule has 1 heterocycles. The number of sulfonamides is 1. The van der Waals surface area contributed by atoms with Gasteiger partial charge in [-0.3, -0.25) is 4.79 Å². The van der Waals surface area contributed by atoms with Gasteiger partial charge in [0.15, 0.2) is 0 Å². The smallest absolute Gasteiger partial charge is 0.322 e. The minimum atomic E-state index is -3.66. The summed E-state index contributed by atoms with van der Waals surface area (Å²) in [6.45, 7) is 0.782. The molecule has 116 valence electrons. The molecule has 1 fully saturated rings. The Morgan fingerprint density at radius 1 is 1.29 bits per heavy atom. The third-order valence-electron chi connectivity index (χ3n) is 3.49. The van der Waals surface area contributed by atoms with Crippen LogP contribution in [0, 0.1) is 0 Å². The van der Waals surface area contributed by atoms with Gasteiger partial charge in [0.05, 0.1) is 5.25 Å². The van der Waals surface area contributed by atoms with Gasteiger partial charge in [0.2, 0.25) is 10.0 Å². The van der Waals surface area contributed by atoms with Gasteiger partial charge < -0.3 is 9.84 Å². The molecule has 0 radical (unpaired) electrons. The summed E-state index contributed by atoms with van der Waals surface area (Å²) < 4.78 is 32.0. The maximum atomic E-state index is 12.3. The van der Waals surface area contributed by atoms with Crippen LogP contribution in [0.1, 0.15) is 18.4 Å². The van der Waals surface area contributed by atoms with Crippen LogP contribution in [0.2, 0.25) is 0 Å². The van der Waals surface area contributed by atoms with E-state index in [1.807, 2.05) is 6.07 Å². The fourth-order valence-corrected chi connectivity index (χ4v) is 3.90. The SMILES string of the molecule is O=C(O)[C@H](Cc1ccccc1)NS(=O)(=O)C1CCOCC1. The van der Waals surface area contributed by atoms with Crippen molar-refractivity contribution in [3.8, 4) is 0 Å². The molecule has 2 rings (SSSR count). The zero-order chi connectivity index (χ0) is 15.3. The Labute approximate surface area is 124 Å². The summed E-state index contributed by atoms with van der Waals surface area (Å²) in [5, 5.41) is 8.66. The van der Waals surface area contributed by atoms with Crippen LogP contribution in [0.3, 0.4) is 0 Å². The van der Waals surface area contributed by atoms with Crippen molar-refractivity contribution in [2.24, 2.45) is 0 Å². The normalized spacial score (nSPS) is 18.3. The maximum Gasteiger partial charge on any atom is 0.322 e. The monoisotopic (exact) mass is 313 g/mol. The third-order valence-corrected chi connectivity index (χ3v) is 5.46. The van der Waals surface area contributed by atoms with Crippen molar-refractivity contribution >= 4 is 16.0 Å². The van der Waals surface area contributed by atoms with E-state index >= 15 is 0 Å². The van der Waals surface area contributed by atoms with Crippen molar-refractivity contribution in [2.45, 2.75) is 30.6 Å². The van der Waals surface area contributed by atoms with E-state index in [0.717, 1.165) is 5.56 Å². The van der Waals surface area contributed by atoms with Crippen molar-refractivity contribution in [1.29, 1.82) is 0 Å². The first-order chi connectivity index (χ1) is 9.99. The van der Waals surface area contributed by atoms with Crippen LogP contribution < -0.4 is 4.72 Å². The number of benzene rings is 1. The molecular formula is C14H19NO5S. The molecule has 0 unspecified atom stereocenters. The number of rotatable bonds is 6. The van der Waals surface area contributed by atoms with Gasteiger partial charge in [-0.2, -0.15) is 0 Å². The van der Waals surface area contributed by atoms with Crippen LogP contribution in [0.4, 0.5) is 0 Å². The van der Waals surface area contributed by atoms with Gasteiger partial charge >= 0.3 is 5.97 Å². The van der Waals surface area contributed by atoms with Gasteiger partial charge in [-0.05, 0) is 24.8 Å². The highest BCUT2D eigenvalue weighted by molar-refractivity contribution is 7.90. The minimum absolute atomic E-state index is 0.124. The number of hydrogen-bond donors (Lipinski definition) is 2. The Bertz CT molecular complexity index is 566. The highest BCUT2D eigenvalue weighted by Crippen LogP contribution is 2.16. The van der Waals surface area contributed by atoms with E-state index in [0.29, 0.717) is 26.1 Å². The number of carbonyl (C=O) groups is 1. The van der Waals surface area contributed by atoms with Crippen molar-refractivity contribution in [3.63, 3.8) is 0 Å². The number of carboxylic acid groups (broad SMARTS) is 1. The van der Waals surface area contributed by atoms with Crippen molar-refractivity contribution < 1.29 is 23.1 Å². The first-order valence-corrected chi connectivity index (χ1v) is 8.39. The fraction of sp³-hybridized carbons (Fsp3) is 0.500. The van der Waals surface area contributed by atoms with Crippen LogP contribution in [0.15, 0.2) is 30.3 Å². The van der Waals surface area contributed by atoms with Crippen LogP contribution in [0.5, 0.6) is 0 Å². The summed E-state index contributed by atoms with van der Waals surface area (Å²) in [6, 6.07) is 7.81. The van der Waals surface area contributed by atoms with Crippen molar-refractivity contribution in [1.82, 2.24) is 4.72 Å². The average molecular weight is 313 g/mol. The topological polar surface area (TPSA) is 92.7 Å². The largest absolute Gasteiger partial charge is 0.480 e. The molecule has 0 amide bonds. The molecule has 0 bridgehead atoms. The van der Waals surface area contributed by atoms with E-state index in [-0.39, 0.29) is 6.42 Å². The highest BCUT2D eigenvalue weighted by Gasteiger charge is 2.32. The molecule has 2 N–H and O–H groups in total. The van der Waals surface area contributed by atoms with E-state index in [4.69, 9.17) is 4.74 Å². The van der Waals surface area contributed by atoms with E-state index in [9.17, 15) is 18.3 Å². The van der Waals surface area contributed by atoms with E-state index < -0.39 is 27.3 Å². The van der Waals surface area contributed by atoms with Crippen molar-refractivity contribution in [3.05, 3.63) is 35.9 Å². The van der Waals surface area contributed by atoms with Gasteiger partial charge in [-0.15, -0.1) is 0 Å².